The Morgan fingerprint density at radius 3 is 2.87 bits per heavy atom. The average molecular weight is 199 g/mol. The topological polar surface area (TPSA) is 48.8 Å². The van der Waals surface area contributed by atoms with Crippen molar-refractivity contribution < 1.29 is 0 Å². The fraction of sp³-hybridized carbons (Fsp3) is 0.333. The van der Waals surface area contributed by atoms with Crippen molar-refractivity contribution in [2.75, 3.05) is 6.54 Å². The third-order valence-electron chi connectivity index (χ3n) is 2.01. The van der Waals surface area contributed by atoms with Gasteiger partial charge in [-0.05, 0) is 31.0 Å². The molecule has 0 heterocycles. The highest BCUT2D eigenvalue weighted by Crippen LogP contribution is 2.08. The van der Waals surface area contributed by atoms with Crippen LogP contribution in [0.2, 0.25) is 0 Å². The van der Waals surface area contributed by atoms with Gasteiger partial charge in [0.1, 0.15) is 0 Å². The molecule has 0 bridgehead atoms. The van der Waals surface area contributed by atoms with Crippen LogP contribution in [-0.2, 0) is 0 Å². The number of rotatable bonds is 2. The predicted molar refractivity (Wildman–Crippen MR) is 61.4 cm³/mol. The molecule has 0 atom stereocenters. The summed E-state index contributed by atoms with van der Waals surface area (Å²) >= 11 is 0. The molecular weight excluding hydrogens is 186 g/mol. The molecule has 76 valence electrons. The van der Waals surface area contributed by atoms with Crippen LogP contribution >= 0.6 is 0 Å². The Labute approximate surface area is 89.8 Å². The molecule has 0 spiro atoms. The first-order chi connectivity index (χ1) is 7.24. The van der Waals surface area contributed by atoms with Gasteiger partial charge in [0.25, 0.3) is 0 Å². The van der Waals surface area contributed by atoms with Crippen LogP contribution in [0, 0.1) is 25.7 Å². The zero-order valence-electron chi connectivity index (χ0n) is 8.99. The molecule has 3 nitrogen and oxygen atoms in total. The minimum atomic E-state index is 0.439. The van der Waals surface area contributed by atoms with Gasteiger partial charge in [-0.1, -0.05) is 34.7 Å². The van der Waals surface area contributed by atoms with Crippen molar-refractivity contribution >= 4 is 0 Å². The Morgan fingerprint density at radius 2 is 2.20 bits per heavy atom. The van der Waals surface area contributed by atoms with Crippen molar-refractivity contribution in [3.05, 3.63) is 45.3 Å². The second-order valence-corrected chi connectivity index (χ2v) is 3.32. The second-order valence-electron chi connectivity index (χ2n) is 3.32. The summed E-state index contributed by atoms with van der Waals surface area (Å²) in [6.07, 6.45) is 0.609. The van der Waals surface area contributed by atoms with Gasteiger partial charge in [-0.15, -0.1) is 0 Å². The summed E-state index contributed by atoms with van der Waals surface area (Å²) in [5, 5.41) is 3.42. The van der Waals surface area contributed by atoms with Crippen molar-refractivity contribution in [3.8, 4) is 11.8 Å². The van der Waals surface area contributed by atoms with E-state index in [1.165, 1.54) is 11.1 Å². The van der Waals surface area contributed by atoms with Crippen molar-refractivity contribution in [2.45, 2.75) is 20.3 Å². The number of hydrogen-bond acceptors (Lipinski definition) is 1. The largest absolute Gasteiger partial charge is 0.0978 e. The monoisotopic (exact) mass is 199 g/mol. The molecule has 0 unspecified atom stereocenters. The van der Waals surface area contributed by atoms with E-state index in [-0.39, 0.29) is 0 Å². The van der Waals surface area contributed by atoms with Crippen molar-refractivity contribution in [1.82, 2.24) is 0 Å². The van der Waals surface area contributed by atoms with Gasteiger partial charge in [0.05, 0.1) is 0 Å². The normalized spacial score (nSPS) is 8.67. The number of benzene rings is 1. The van der Waals surface area contributed by atoms with E-state index in [0.717, 1.165) is 5.56 Å². The molecule has 15 heavy (non-hydrogen) atoms. The molecule has 0 fully saturated rings. The fourth-order valence-electron chi connectivity index (χ4n) is 1.26. The third kappa shape index (κ3) is 3.76. The standard InChI is InChI=1S/C12H13N3/c1-10-6-7-12(11(2)9-10)5-3-4-8-14-15-13/h6-7,9H,4,8H2,1-2H3. The SMILES string of the molecule is Cc1ccc(C#CCCN=[N+]=[N-])c(C)c1. The Kier molecular flexibility index (Phi) is 4.28. The molecule has 0 aliphatic heterocycles. The lowest BCUT2D eigenvalue weighted by atomic mass is 10.1. The lowest BCUT2D eigenvalue weighted by Crippen LogP contribution is -1.83. The molecular formula is C12H13N3. The first-order valence-corrected chi connectivity index (χ1v) is 4.81. The summed E-state index contributed by atoms with van der Waals surface area (Å²) in [5.41, 5.74) is 11.5. The van der Waals surface area contributed by atoms with Crippen LogP contribution in [0.15, 0.2) is 23.3 Å². The molecule has 0 radical (unpaired) electrons. The van der Waals surface area contributed by atoms with Crippen LogP contribution in [0.3, 0.4) is 0 Å². The summed E-state index contributed by atoms with van der Waals surface area (Å²) in [6.45, 7) is 4.55. The lowest BCUT2D eigenvalue weighted by molar-refractivity contribution is 1.01. The van der Waals surface area contributed by atoms with Gasteiger partial charge in [0.2, 0.25) is 0 Å². The molecule has 0 aromatic heterocycles. The maximum atomic E-state index is 8.07. The van der Waals surface area contributed by atoms with Crippen molar-refractivity contribution in [3.63, 3.8) is 0 Å². The summed E-state index contributed by atoms with van der Waals surface area (Å²) in [5.74, 6) is 6.05. The zero-order chi connectivity index (χ0) is 11.1. The lowest BCUT2D eigenvalue weighted by Gasteiger charge is -1.98. The highest BCUT2D eigenvalue weighted by molar-refractivity contribution is 5.42. The molecule has 0 saturated carbocycles. The van der Waals surface area contributed by atoms with E-state index in [1.807, 2.05) is 19.1 Å². The predicted octanol–water partition coefficient (Wildman–Crippen LogP) is 3.36. The quantitative estimate of drug-likeness (QED) is 0.230. The summed E-state index contributed by atoms with van der Waals surface area (Å²) in [6, 6.07) is 6.17. The van der Waals surface area contributed by atoms with E-state index in [2.05, 4.69) is 34.9 Å². The first kappa shape index (κ1) is 11.2. The van der Waals surface area contributed by atoms with Crippen molar-refractivity contribution in [2.24, 2.45) is 5.11 Å². The van der Waals surface area contributed by atoms with Gasteiger partial charge in [-0.25, -0.2) is 0 Å². The summed E-state index contributed by atoms with van der Waals surface area (Å²) in [7, 11) is 0. The molecule has 0 N–H and O–H groups in total. The van der Waals surface area contributed by atoms with E-state index in [4.69, 9.17) is 5.53 Å². The van der Waals surface area contributed by atoms with Crippen LogP contribution in [0.25, 0.3) is 10.4 Å². The molecule has 0 aliphatic carbocycles. The Balaban J connectivity index is 2.67. The molecule has 0 amide bonds. The van der Waals surface area contributed by atoms with Gasteiger partial charge in [0, 0.05) is 23.4 Å². The average Bonchev–Trinajstić information content (AvgIpc) is 2.20. The minimum absolute atomic E-state index is 0.439. The highest BCUT2D eigenvalue weighted by atomic mass is 15.1. The number of nitrogens with zero attached hydrogens (tertiary/aromatic N) is 3. The number of hydrogen-bond donors (Lipinski definition) is 0. The van der Waals surface area contributed by atoms with Crippen LogP contribution in [0.4, 0.5) is 0 Å². The molecule has 3 heteroatoms. The van der Waals surface area contributed by atoms with Gasteiger partial charge in [-0.2, -0.15) is 0 Å². The van der Waals surface area contributed by atoms with Gasteiger partial charge in [0.15, 0.2) is 0 Å². The van der Waals surface area contributed by atoms with Crippen LogP contribution in [-0.4, -0.2) is 6.54 Å². The van der Waals surface area contributed by atoms with E-state index >= 15 is 0 Å². The molecule has 1 rings (SSSR count). The molecule has 0 aliphatic rings. The zero-order valence-corrected chi connectivity index (χ0v) is 8.99. The molecule has 1 aromatic carbocycles. The summed E-state index contributed by atoms with van der Waals surface area (Å²) in [4.78, 5) is 2.67. The van der Waals surface area contributed by atoms with Gasteiger partial charge >= 0.3 is 0 Å². The molecule has 1 aromatic rings. The Hall–Kier alpha value is -1.91. The van der Waals surface area contributed by atoms with Crippen molar-refractivity contribution in [1.29, 1.82) is 0 Å². The van der Waals surface area contributed by atoms with Crippen LogP contribution in [0.1, 0.15) is 23.1 Å². The Bertz CT molecular complexity index is 446. The smallest absolute Gasteiger partial charge is 0.0367 e. The number of azide groups is 1. The second kappa shape index (κ2) is 5.74. The number of aryl methyl sites for hydroxylation is 2. The van der Waals surface area contributed by atoms with E-state index in [9.17, 15) is 0 Å². The highest BCUT2D eigenvalue weighted by Gasteiger charge is 1.93. The Morgan fingerprint density at radius 1 is 1.40 bits per heavy atom. The van der Waals surface area contributed by atoms with Gasteiger partial charge in [-0.3, -0.25) is 0 Å². The third-order valence-corrected chi connectivity index (χ3v) is 2.01. The maximum absolute atomic E-state index is 8.07. The summed E-state index contributed by atoms with van der Waals surface area (Å²) < 4.78 is 0. The maximum Gasteiger partial charge on any atom is 0.0367 e. The van der Waals surface area contributed by atoms with E-state index in [1.54, 1.807) is 0 Å². The van der Waals surface area contributed by atoms with Crippen LogP contribution < -0.4 is 0 Å². The van der Waals surface area contributed by atoms with E-state index in [0.29, 0.717) is 13.0 Å². The molecule has 0 saturated heterocycles. The van der Waals surface area contributed by atoms with E-state index < -0.39 is 0 Å². The van der Waals surface area contributed by atoms with Gasteiger partial charge < -0.3 is 0 Å². The first-order valence-electron chi connectivity index (χ1n) is 4.81. The van der Waals surface area contributed by atoms with Crippen LogP contribution in [0.5, 0.6) is 0 Å². The fourth-order valence-corrected chi connectivity index (χ4v) is 1.26. The minimum Gasteiger partial charge on any atom is -0.0978 e.